The molecule has 154 valence electrons. The van der Waals surface area contributed by atoms with Crippen LogP contribution in [0.2, 0.25) is 0 Å². The predicted molar refractivity (Wildman–Crippen MR) is 115 cm³/mol. The maximum atomic E-state index is 12.6. The molecule has 0 bridgehead atoms. The first kappa shape index (κ1) is 21.2. The van der Waals surface area contributed by atoms with Crippen LogP contribution in [0.4, 0.5) is 0 Å². The summed E-state index contributed by atoms with van der Waals surface area (Å²) >= 11 is 0. The van der Waals surface area contributed by atoms with E-state index in [2.05, 4.69) is 9.97 Å². The summed E-state index contributed by atoms with van der Waals surface area (Å²) in [5, 5.41) is 9.69. The molecule has 30 heavy (non-hydrogen) atoms. The van der Waals surface area contributed by atoms with Crippen molar-refractivity contribution in [2.24, 2.45) is 0 Å². The average Bonchev–Trinajstić information content (AvgIpc) is 2.74. The van der Waals surface area contributed by atoms with Gasteiger partial charge in [-0.25, -0.2) is 19.6 Å². The topological polar surface area (TPSA) is 89.4 Å². The van der Waals surface area contributed by atoms with E-state index in [9.17, 15) is 14.7 Å². The number of carbonyl (C=O) groups excluding carboxylic acids is 1. The molecule has 0 unspecified atom stereocenters. The highest BCUT2D eigenvalue weighted by molar-refractivity contribution is 6.01. The number of ether oxygens (including phenoxy) is 1. The van der Waals surface area contributed by atoms with Gasteiger partial charge in [-0.15, -0.1) is 0 Å². The monoisotopic (exact) mass is 404 g/mol. The van der Waals surface area contributed by atoms with Crippen LogP contribution in [0.1, 0.15) is 51.9 Å². The highest BCUT2D eigenvalue weighted by Crippen LogP contribution is 2.31. The van der Waals surface area contributed by atoms with Crippen molar-refractivity contribution in [3.8, 4) is 22.5 Å². The molecule has 0 saturated heterocycles. The van der Waals surface area contributed by atoms with Gasteiger partial charge in [0.15, 0.2) is 11.4 Å². The van der Waals surface area contributed by atoms with Crippen LogP contribution in [-0.4, -0.2) is 33.6 Å². The van der Waals surface area contributed by atoms with E-state index in [1.807, 2.05) is 69.3 Å². The van der Waals surface area contributed by atoms with E-state index in [-0.39, 0.29) is 12.3 Å². The first-order valence-corrected chi connectivity index (χ1v) is 9.87. The quantitative estimate of drug-likeness (QED) is 0.436. The van der Waals surface area contributed by atoms with Gasteiger partial charge >= 0.3 is 11.9 Å². The van der Waals surface area contributed by atoms with Gasteiger partial charge in [-0.1, -0.05) is 73.0 Å². The van der Waals surface area contributed by atoms with Gasteiger partial charge in [0.1, 0.15) is 0 Å². The van der Waals surface area contributed by atoms with Crippen molar-refractivity contribution in [1.29, 1.82) is 0 Å². The Hall–Kier alpha value is -3.54. The zero-order valence-corrected chi connectivity index (χ0v) is 17.3. The zero-order chi connectivity index (χ0) is 21.7. The SMILES string of the molecule is CCCCOC(=O)c1nc(-c2ccc(C)cc2)c(-c2ccc(C)cc2)nc1C(=O)O. The number of benzene rings is 2. The molecular weight excluding hydrogens is 380 g/mol. The number of hydrogen-bond acceptors (Lipinski definition) is 5. The van der Waals surface area contributed by atoms with E-state index in [4.69, 9.17) is 4.74 Å². The van der Waals surface area contributed by atoms with Crippen LogP contribution in [-0.2, 0) is 4.74 Å². The Kier molecular flexibility index (Phi) is 6.57. The molecule has 0 spiro atoms. The van der Waals surface area contributed by atoms with Gasteiger partial charge in [-0.3, -0.25) is 0 Å². The van der Waals surface area contributed by atoms with Crippen LogP contribution in [0, 0.1) is 13.8 Å². The molecule has 0 aliphatic rings. The minimum absolute atomic E-state index is 0.204. The molecule has 0 atom stereocenters. The normalized spacial score (nSPS) is 10.6. The molecule has 0 radical (unpaired) electrons. The predicted octanol–water partition coefficient (Wildman–Crippen LogP) is 5.08. The largest absolute Gasteiger partial charge is 0.476 e. The number of unbranched alkanes of at least 4 members (excludes halogenated alkanes) is 1. The fourth-order valence-corrected chi connectivity index (χ4v) is 2.93. The number of aromatic nitrogens is 2. The lowest BCUT2D eigenvalue weighted by Crippen LogP contribution is -2.18. The molecular formula is C24H24N2O4. The lowest BCUT2D eigenvalue weighted by molar-refractivity contribution is 0.0480. The van der Waals surface area contributed by atoms with Crippen LogP contribution in [0.15, 0.2) is 48.5 Å². The molecule has 0 amide bonds. The Balaban J connectivity index is 2.20. The second kappa shape index (κ2) is 9.31. The van der Waals surface area contributed by atoms with Gasteiger partial charge in [-0.2, -0.15) is 0 Å². The van der Waals surface area contributed by atoms with Gasteiger partial charge in [0.2, 0.25) is 0 Å². The fraction of sp³-hybridized carbons (Fsp3) is 0.250. The van der Waals surface area contributed by atoms with E-state index in [0.717, 1.165) is 28.7 Å². The number of nitrogens with zero attached hydrogens (tertiary/aromatic N) is 2. The lowest BCUT2D eigenvalue weighted by Gasteiger charge is -2.13. The Morgan fingerprint density at radius 1 is 0.833 bits per heavy atom. The summed E-state index contributed by atoms with van der Waals surface area (Å²) in [6, 6.07) is 15.2. The van der Waals surface area contributed by atoms with Crippen molar-refractivity contribution in [1.82, 2.24) is 9.97 Å². The van der Waals surface area contributed by atoms with Gasteiger partial charge in [0.25, 0.3) is 0 Å². The van der Waals surface area contributed by atoms with E-state index in [1.165, 1.54) is 0 Å². The summed E-state index contributed by atoms with van der Waals surface area (Å²) in [5.74, 6) is -2.11. The second-order valence-electron chi connectivity index (χ2n) is 7.14. The molecule has 1 aromatic heterocycles. The summed E-state index contributed by atoms with van der Waals surface area (Å²) in [4.78, 5) is 33.3. The number of esters is 1. The molecule has 0 aliphatic carbocycles. The third-order valence-electron chi connectivity index (χ3n) is 4.67. The second-order valence-corrected chi connectivity index (χ2v) is 7.14. The third-order valence-corrected chi connectivity index (χ3v) is 4.67. The van der Waals surface area contributed by atoms with Gasteiger partial charge < -0.3 is 9.84 Å². The van der Waals surface area contributed by atoms with Gasteiger partial charge in [0, 0.05) is 11.1 Å². The highest BCUT2D eigenvalue weighted by atomic mass is 16.5. The van der Waals surface area contributed by atoms with Gasteiger partial charge in [0.05, 0.1) is 18.0 Å². The Morgan fingerprint density at radius 2 is 1.30 bits per heavy atom. The van der Waals surface area contributed by atoms with E-state index >= 15 is 0 Å². The molecule has 0 fully saturated rings. The minimum atomic E-state index is -1.33. The molecule has 0 saturated carbocycles. The van der Waals surface area contributed by atoms with Crippen molar-refractivity contribution in [3.05, 3.63) is 71.0 Å². The third kappa shape index (κ3) is 4.71. The van der Waals surface area contributed by atoms with Crippen molar-refractivity contribution in [2.45, 2.75) is 33.6 Å². The average molecular weight is 404 g/mol. The summed E-state index contributed by atoms with van der Waals surface area (Å²) in [5.41, 5.74) is 3.74. The van der Waals surface area contributed by atoms with Crippen LogP contribution in [0.5, 0.6) is 0 Å². The van der Waals surface area contributed by atoms with Crippen molar-refractivity contribution >= 4 is 11.9 Å². The molecule has 2 aromatic carbocycles. The number of carboxylic acids is 1. The Morgan fingerprint density at radius 3 is 1.73 bits per heavy atom. The Labute approximate surface area is 175 Å². The van der Waals surface area contributed by atoms with Crippen molar-refractivity contribution < 1.29 is 19.4 Å². The van der Waals surface area contributed by atoms with Crippen LogP contribution < -0.4 is 0 Å². The maximum absolute atomic E-state index is 12.6. The lowest BCUT2D eigenvalue weighted by atomic mass is 10.0. The number of carbonyl (C=O) groups is 2. The number of carboxylic acid groups (broad SMARTS) is 1. The van der Waals surface area contributed by atoms with E-state index in [0.29, 0.717) is 17.8 Å². The highest BCUT2D eigenvalue weighted by Gasteiger charge is 2.26. The van der Waals surface area contributed by atoms with Crippen molar-refractivity contribution in [2.75, 3.05) is 6.61 Å². The minimum Gasteiger partial charge on any atom is -0.476 e. The summed E-state index contributed by atoms with van der Waals surface area (Å²) < 4.78 is 5.23. The number of rotatable bonds is 7. The van der Waals surface area contributed by atoms with Gasteiger partial charge in [-0.05, 0) is 20.3 Å². The number of aromatic carboxylic acids is 1. The first-order chi connectivity index (χ1) is 14.4. The first-order valence-electron chi connectivity index (χ1n) is 9.87. The smallest absolute Gasteiger partial charge is 0.359 e. The molecule has 1 heterocycles. The number of hydrogen-bond donors (Lipinski definition) is 1. The molecule has 3 rings (SSSR count). The summed E-state index contributed by atoms with van der Waals surface area (Å²) in [7, 11) is 0. The van der Waals surface area contributed by atoms with Crippen LogP contribution >= 0.6 is 0 Å². The van der Waals surface area contributed by atoms with Crippen LogP contribution in [0.3, 0.4) is 0 Å². The zero-order valence-electron chi connectivity index (χ0n) is 17.3. The summed E-state index contributed by atoms with van der Waals surface area (Å²) in [6.45, 7) is 6.12. The molecule has 0 aliphatic heterocycles. The molecule has 1 N–H and O–H groups in total. The van der Waals surface area contributed by atoms with E-state index in [1.54, 1.807) is 0 Å². The fourth-order valence-electron chi connectivity index (χ4n) is 2.93. The van der Waals surface area contributed by atoms with E-state index < -0.39 is 17.6 Å². The maximum Gasteiger partial charge on any atom is 0.359 e. The van der Waals surface area contributed by atoms with Crippen LogP contribution in [0.25, 0.3) is 22.5 Å². The van der Waals surface area contributed by atoms with Crippen molar-refractivity contribution in [3.63, 3.8) is 0 Å². The standard InChI is InChI=1S/C24H24N2O4/c1-4-5-14-30-24(29)22-21(23(27)28)25-19(17-10-6-15(2)7-11-17)20(26-22)18-12-8-16(3)9-13-18/h6-13H,4-5,14H2,1-3H3,(H,27,28). The molecule has 6 nitrogen and oxygen atoms in total. The summed E-state index contributed by atoms with van der Waals surface area (Å²) in [6.07, 6.45) is 1.54. The molecule has 3 aromatic rings. The number of aryl methyl sites for hydroxylation is 2. The Bertz CT molecular complexity index is 1060. The molecule has 6 heteroatoms.